The third-order valence-electron chi connectivity index (χ3n) is 4.06. The third kappa shape index (κ3) is 2.61. The van der Waals surface area contributed by atoms with E-state index in [1.165, 1.54) is 6.07 Å². The van der Waals surface area contributed by atoms with Gasteiger partial charge in [0.1, 0.15) is 18.0 Å². The number of nitrogens with one attached hydrogen (secondary N) is 1. The second kappa shape index (κ2) is 5.68. The molecule has 116 valence electrons. The van der Waals surface area contributed by atoms with Crippen molar-refractivity contribution in [1.82, 2.24) is 19.9 Å². The van der Waals surface area contributed by atoms with Gasteiger partial charge in [-0.1, -0.05) is 6.07 Å². The van der Waals surface area contributed by atoms with Gasteiger partial charge in [0.05, 0.1) is 5.39 Å². The predicted octanol–water partition coefficient (Wildman–Crippen LogP) is 1.04. The number of hydrogen-bond acceptors (Lipinski definition) is 6. The Balaban J connectivity index is 1.56. The van der Waals surface area contributed by atoms with Crippen LogP contribution in [0.3, 0.4) is 0 Å². The molecule has 0 aromatic carbocycles. The Bertz CT molecular complexity index is 879. The molecular formula is C16H16N6O. The summed E-state index contributed by atoms with van der Waals surface area (Å²) in [7, 11) is 0. The van der Waals surface area contributed by atoms with Crippen LogP contribution >= 0.6 is 0 Å². The monoisotopic (exact) mass is 308 g/mol. The van der Waals surface area contributed by atoms with E-state index in [4.69, 9.17) is 0 Å². The Morgan fingerprint density at radius 1 is 0.913 bits per heavy atom. The van der Waals surface area contributed by atoms with Gasteiger partial charge in [0.2, 0.25) is 5.56 Å². The Kier molecular flexibility index (Phi) is 3.38. The van der Waals surface area contributed by atoms with Crippen LogP contribution in [0.15, 0.2) is 47.7 Å². The molecule has 1 N–H and O–H groups in total. The maximum atomic E-state index is 11.4. The van der Waals surface area contributed by atoms with Crippen molar-refractivity contribution >= 4 is 22.7 Å². The molecule has 0 aliphatic carbocycles. The second-order valence-electron chi connectivity index (χ2n) is 5.45. The predicted molar refractivity (Wildman–Crippen MR) is 88.8 cm³/mol. The molecule has 7 heteroatoms. The van der Waals surface area contributed by atoms with E-state index in [9.17, 15) is 4.79 Å². The van der Waals surface area contributed by atoms with Crippen molar-refractivity contribution < 1.29 is 0 Å². The number of aromatic amines is 1. The number of pyridine rings is 2. The second-order valence-corrected chi connectivity index (χ2v) is 5.45. The van der Waals surface area contributed by atoms with Crippen LogP contribution in [0.1, 0.15) is 0 Å². The van der Waals surface area contributed by atoms with Crippen molar-refractivity contribution in [3.8, 4) is 0 Å². The quantitative estimate of drug-likeness (QED) is 0.762. The van der Waals surface area contributed by atoms with Crippen LogP contribution in [-0.4, -0.2) is 46.1 Å². The van der Waals surface area contributed by atoms with Gasteiger partial charge in [-0.15, -0.1) is 0 Å². The Hall–Kier alpha value is -2.96. The fourth-order valence-electron chi connectivity index (χ4n) is 2.91. The molecule has 0 atom stereocenters. The molecule has 1 aliphatic rings. The summed E-state index contributed by atoms with van der Waals surface area (Å²) in [6, 6.07) is 9.14. The summed E-state index contributed by atoms with van der Waals surface area (Å²) in [6.07, 6.45) is 3.30. The fourth-order valence-corrected chi connectivity index (χ4v) is 2.91. The first-order valence-corrected chi connectivity index (χ1v) is 7.56. The summed E-state index contributed by atoms with van der Waals surface area (Å²) in [4.78, 5) is 31.7. The summed E-state index contributed by atoms with van der Waals surface area (Å²) in [5.41, 5.74) is 0.644. The largest absolute Gasteiger partial charge is 0.355 e. The van der Waals surface area contributed by atoms with E-state index in [1.54, 1.807) is 18.6 Å². The van der Waals surface area contributed by atoms with Gasteiger partial charge >= 0.3 is 0 Å². The number of nitrogens with zero attached hydrogens (tertiary/aromatic N) is 5. The zero-order valence-electron chi connectivity index (χ0n) is 12.5. The molecule has 0 radical (unpaired) electrons. The van der Waals surface area contributed by atoms with Crippen LogP contribution in [0.5, 0.6) is 0 Å². The zero-order chi connectivity index (χ0) is 15.6. The van der Waals surface area contributed by atoms with E-state index in [1.807, 2.05) is 18.2 Å². The first-order valence-electron chi connectivity index (χ1n) is 7.56. The lowest BCUT2D eigenvalue weighted by molar-refractivity contribution is 0.642. The fraction of sp³-hybridized carbons (Fsp3) is 0.250. The molecule has 0 unspecified atom stereocenters. The van der Waals surface area contributed by atoms with Gasteiger partial charge in [0.25, 0.3) is 0 Å². The number of rotatable bonds is 2. The van der Waals surface area contributed by atoms with Gasteiger partial charge in [-0.3, -0.25) is 4.79 Å². The molecule has 0 saturated carbocycles. The van der Waals surface area contributed by atoms with Crippen LogP contribution in [0.2, 0.25) is 0 Å². The Labute approximate surface area is 132 Å². The number of anilines is 2. The summed E-state index contributed by atoms with van der Waals surface area (Å²) in [5.74, 6) is 1.79. The summed E-state index contributed by atoms with van der Waals surface area (Å²) < 4.78 is 0. The number of piperazine rings is 1. The maximum absolute atomic E-state index is 11.4. The van der Waals surface area contributed by atoms with E-state index >= 15 is 0 Å². The van der Waals surface area contributed by atoms with E-state index in [2.05, 4.69) is 29.7 Å². The van der Waals surface area contributed by atoms with Crippen molar-refractivity contribution in [2.75, 3.05) is 36.0 Å². The van der Waals surface area contributed by atoms with E-state index in [0.717, 1.165) is 43.2 Å². The number of fused-ring (bicyclic) bond motifs is 1. The molecule has 3 aromatic heterocycles. The van der Waals surface area contributed by atoms with Gasteiger partial charge in [-0.05, 0) is 18.2 Å². The van der Waals surface area contributed by atoms with E-state index in [0.29, 0.717) is 5.65 Å². The average molecular weight is 308 g/mol. The number of aromatic nitrogens is 4. The first-order chi connectivity index (χ1) is 11.3. The molecule has 1 fully saturated rings. The summed E-state index contributed by atoms with van der Waals surface area (Å²) in [5, 5.41) is 0.969. The first kappa shape index (κ1) is 13.7. The van der Waals surface area contributed by atoms with Crippen LogP contribution in [0, 0.1) is 0 Å². The van der Waals surface area contributed by atoms with Gasteiger partial charge in [-0.25, -0.2) is 15.0 Å². The molecule has 4 rings (SSSR count). The molecule has 1 aliphatic heterocycles. The van der Waals surface area contributed by atoms with Crippen LogP contribution < -0.4 is 15.4 Å². The highest BCUT2D eigenvalue weighted by Crippen LogP contribution is 2.23. The normalized spacial score (nSPS) is 15.1. The van der Waals surface area contributed by atoms with Crippen molar-refractivity contribution in [2.45, 2.75) is 0 Å². The molecule has 3 aromatic rings. The smallest absolute Gasteiger partial charge is 0.249 e. The average Bonchev–Trinajstić information content (AvgIpc) is 2.61. The molecule has 4 heterocycles. The highest BCUT2D eigenvalue weighted by molar-refractivity contribution is 5.86. The highest BCUT2D eigenvalue weighted by atomic mass is 16.1. The van der Waals surface area contributed by atoms with E-state index in [-0.39, 0.29) is 5.56 Å². The van der Waals surface area contributed by atoms with Crippen LogP contribution in [0.25, 0.3) is 11.0 Å². The summed E-state index contributed by atoms with van der Waals surface area (Å²) >= 11 is 0. The highest BCUT2D eigenvalue weighted by Gasteiger charge is 2.20. The molecule has 23 heavy (non-hydrogen) atoms. The Morgan fingerprint density at radius 3 is 2.57 bits per heavy atom. The summed E-state index contributed by atoms with van der Waals surface area (Å²) in [6.45, 7) is 3.31. The number of hydrogen-bond donors (Lipinski definition) is 1. The molecule has 0 bridgehead atoms. The van der Waals surface area contributed by atoms with Crippen molar-refractivity contribution in [2.24, 2.45) is 0 Å². The lowest BCUT2D eigenvalue weighted by atomic mass is 10.2. The van der Waals surface area contributed by atoms with Crippen molar-refractivity contribution in [3.05, 3.63) is 53.2 Å². The lowest BCUT2D eigenvalue weighted by Crippen LogP contribution is -2.47. The molecule has 0 amide bonds. The minimum Gasteiger partial charge on any atom is -0.355 e. The van der Waals surface area contributed by atoms with Crippen molar-refractivity contribution in [3.63, 3.8) is 0 Å². The molecular weight excluding hydrogens is 292 g/mol. The van der Waals surface area contributed by atoms with Crippen LogP contribution in [-0.2, 0) is 0 Å². The Morgan fingerprint density at radius 2 is 1.74 bits per heavy atom. The molecule has 7 nitrogen and oxygen atoms in total. The topological polar surface area (TPSA) is 78.0 Å². The van der Waals surface area contributed by atoms with Crippen LogP contribution in [0.4, 0.5) is 11.6 Å². The molecule has 0 spiro atoms. The van der Waals surface area contributed by atoms with Gasteiger partial charge in [-0.2, -0.15) is 0 Å². The van der Waals surface area contributed by atoms with E-state index < -0.39 is 0 Å². The lowest BCUT2D eigenvalue weighted by Gasteiger charge is -2.36. The standard InChI is InChI=1S/C16H16N6O/c23-14-5-1-4-13(20-14)21-7-9-22(10-8-21)16-12-3-2-6-17-15(12)18-11-19-16/h1-6,11H,7-10H2,(H,20,23). The van der Waals surface area contributed by atoms with Gasteiger partial charge < -0.3 is 14.8 Å². The number of H-pyrrole nitrogens is 1. The maximum Gasteiger partial charge on any atom is 0.249 e. The minimum atomic E-state index is -0.0715. The minimum absolute atomic E-state index is 0.0715. The van der Waals surface area contributed by atoms with Gasteiger partial charge in [0.15, 0.2) is 5.65 Å². The van der Waals surface area contributed by atoms with Crippen molar-refractivity contribution in [1.29, 1.82) is 0 Å². The SMILES string of the molecule is O=c1cccc(N2CCN(c3ncnc4ncccc34)CC2)[nH]1. The third-order valence-corrected chi connectivity index (χ3v) is 4.06. The molecule has 1 saturated heterocycles. The zero-order valence-corrected chi connectivity index (χ0v) is 12.5. The van der Waals surface area contributed by atoms with Gasteiger partial charge in [0, 0.05) is 38.4 Å².